The van der Waals surface area contributed by atoms with E-state index in [-0.39, 0.29) is 17.7 Å². The Balaban J connectivity index is 2.15. The first-order valence-electron chi connectivity index (χ1n) is 8.11. The summed E-state index contributed by atoms with van der Waals surface area (Å²) in [6.07, 6.45) is 6.78. The maximum absolute atomic E-state index is 12.5. The number of amides is 1. The number of hydrogen-bond acceptors (Lipinski definition) is 3. The number of carbonyl (C=O) groups excluding carboxylic acids is 2. The third-order valence-electron chi connectivity index (χ3n) is 4.54. The van der Waals surface area contributed by atoms with Crippen LogP contribution in [-0.2, 0) is 11.8 Å². The molecule has 1 saturated carbocycles. The number of carboxylic acids is 1. The topological polar surface area (TPSA) is 88.4 Å². The lowest BCUT2D eigenvalue weighted by atomic mass is 9.86. The molecule has 6 heteroatoms. The molecule has 1 aliphatic carbocycles. The first kappa shape index (κ1) is 17.2. The number of aliphatic carboxylic acids is 1. The number of hydrogen-bond donors (Lipinski definition) is 2. The second-order valence-corrected chi connectivity index (χ2v) is 6.30. The first-order chi connectivity index (χ1) is 10.9. The van der Waals surface area contributed by atoms with Crippen molar-refractivity contribution in [1.29, 1.82) is 0 Å². The van der Waals surface area contributed by atoms with Crippen LogP contribution < -0.4 is 5.32 Å². The van der Waals surface area contributed by atoms with Gasteiger partial charge in [0.25, 0.3) is 5.91 Å². The third kappa shape index (κ3) is 4.21. The lowest BCUT2D eigenvalue weighted by Crippen LogP contribution is -2.44. The molecule has 0 spiro atoms. The van der Waals surface area contributed by atoms with Crippen molar-refractivity contribution in [2.75, 3.05) is 0 Å². The average Bonchev–Trinajstić information content (AvgIpc) is 2.83. The molecule has 2 unspecified atom stereocenters. The van der Waals surface area contributed by atoms with E-state index in [9.17, 15) is 19.5 Å². The maximum Gasteiger partial charge on any atom is 0.308 e. The quantitative estimate of drug-likeness (QED) is 0.834. The number of rotatable bonds is 4. The van der Waals surface area contributed by atoms with Crippen LogP contribution in [0.1, 0.15) is 66.3 Å². The molecule has 126 valence electrons. The van der Waals surface area contributed by atoms with E-state index in [4.69, 9.17) is 0 Å². The smallest absolute Gasteiger partial charge is 0.308 e. The Morgan fingerprint density at radius 3 is 2.39 bits per heavy atom. The summed E-state index contributed by atoms with van der Waals surface area (Å²) in [5.41, 5.74) is 0.853. The maximum atomic E-state index is 12.5. The zero-order chi connectivity index (χ0) is 17.0. The zero-order valence-corrected chi connectivity index (χ0v) is 13.7. The number of ketones is 1. The van der Waals surface area contributed by atoms with Crippen molar-refractivity contribution in [3.8, 4) is 0 Å². The third-order valence-corrected chi connectivity index (χ3v) is 4.54. The molecule has 1 aromatic heterocycles. The van der Waals surface area contributed by atoms with E-state index < -0.39 is 11.9 Å². The summed E-state index contributed by atoms with van der Waals surface area (Å²) >= 11 is 0. The van der Waals surface area contributed by atoms with Gasteiger partial charge in [0.15, 0.2) is 5.78 Å². The van der Waals surface area contributed by atoms with Crippen LogP contribution in [0.2, 0.25) is 0 Å². The van der Waals surface area contributed by atoms with Gasteiger partial charge < -0.3 is 15.0 Å². The number of carbonyl (C=O) groups is 3. The Kier molecular flexibility index (Phi) is 5.58. The fourth-order valence-electron chi connectivity index (χ4n) is 3.18. The molecule has 2 rings (SSSR count). The lowest BCUT2D eigenvalue weighted by Gasteiger charge is -2.27. The predicted octanol–water partition coefficient (Wildman–Crippen LogP) is 2.38. The largest absolute Gasteiger partial charge is 0.481 e. The van der Waals surface area contributed by atoms with Crippen molar-refractivity contribution in [3.63, 3.8) is 0 Å². The Hall–Kier alpha value is -2.11. The molecule has 6 nitrogen and oxygen atoms in total. The second kappa shape index (κ2) is 7.44. The Bertz CT molecular complexity index is 606. The van der Waals surface area contributed by atoms with E-state index >= 15 is 0 Å². The zero-order valence-electron chi connectivity index (χ0n) is 13.7. The first-order valence-corrected chi connectivity index (χ1v) is 8.11. The number of aryl methyl sites for hydroxylation is 1. The van der Waals surface area contributed by atoms with Crippen LogP contribution in [0.15, 0.2) is 12.3 Å². The van der Waals surface area contributed by atoms with Crippen LogP contribution in [0.25, 0.3) is 0 Å². The van der Waals surface area contributed by atoms with Crippen LogP contribution in [0, 0.1) is 5.92 Å². The summed E-state index contributed by atoms with van der Waals surface area (Å²) in [6.45, 7) is 1.45. The van der Waals surface area contributed by atoms with Crippen LogP contribution in [-0.4, -0.2) is 33.4 Å². The van der Waals surface area contributed by atoms with Crippen LogP contribution >= 0.6 is 0 Å². The summed E-state index contributed by atoms with van der Waals surface area (Å²) in [5, 5.41) is 12.3. The van der Waals surface area contributed by atoms with Gasteiger partial charge in [0, 0.05) is 24.8 Å². The van der Waals surface area contributed by atoms with Gasteiger partial charge in [-0.3, -0.25) is 14.4 Å². The summed E-state index contributed by atoms with van der Waals surface area (Å²) < 4.78 is 1.60. The van der Waals surface area contributed by atoms with Gasteiger partial charge in [-0.2, -0.15) is 0 Å². The van der Waals surface area contributed by atoms with E-state index in [1.807, 2.05) is 0 Å². The lowest BCUT2D eigenvalue weighted by molar-refractivity contribution is -0.143. The molecule has 0 saturated heterocycles. The molecule has 1 aliphatic rings. The van der Waals surface area contributed by atoms with Crippen molar-refractivity contribution in [1.82, 2.24) is 9.88 Å². The highest BCUT2D eigenvalue weighted by Crippen LogP contribution is 2.23. The molecule has 2 N–H and O–H groups in total. The van der Waals surface area contributed by atoms with Crippen LogP contribution in [0.4, 0.5) is 0 Å². The molecule has 0 aliphatic heterocycles. The van der Waals surface area contributed by atoms with E-state index in [1.54, 1.807) is 23.9 Å². The van der Waals surface area contributed by atoms with Gasteiger partial charge in [0.05, 0.1) is 5.92 Å². The number of Topliss-reactive ketones (excluding diaryl/α,β-unsaturated/α-hetero) is 1. The normalized spacial score (nSPS) is 22.0. The molecule has 2 atom stereocenters. The molecule has 1 amide bonds. The van der Waals surface area contributed by atoms with Gasteiger partial charge in [-0.05, 0) is 25.8 Å². The molecular weight excluding hydrogens is 296 g/mol. The van der Waals surface area contributed by atoms with E-state index in [2.05, 4.69) is 5.32 Å². The monoisotopic (exact) mass is 320 g/mol. The van der Waals surface area contributed by atoms with Gasteiger partial charge in [-0.15, -0.1) is 0 Å². The SMILES string of the molecule is CC(=O)c1cc(C(=O)NC2CCCCCCC2C(=O)O)n(C)c1. The average molecular weight is 320 g/mol. The number of nitrogens with one attached hydrogen (secondary N) is 1. The van der Waals surface area contributed by atoms with Crippen molar-refractivity contribution in [2.24, 2.45) is 13.0 Å². The fourth-order valence-corrected chi connectivity index (χ4v) is 3.18. The van der Waals surface area contributed by atoms with Crippen molar-refractivity contribution >= 4 is 17.7 Å². The number of aromatic nitrogens is 1. The van der Waals surface area contributed by atoms with E-state index in [1.165, 1.54) is 6.92 Å². The van der Waals surface area contributed by atoms with Gasteiger partial charge >= 0.3 is 5.97 Å². The highest BCUT2D eigenvalue weighted by Gasteiger charge is 2.30. The molecule has 1 aromatic rings. The van der Waals surface area contributed by atoms with Gasteiger partial charge in [0.1, 0.15) is 5.69 Å². The highest BCUT2D eigenvalue weighted by atomic mass is 16.4. The van der Waals surface area contributed by atoms with Crippen LogP contribution in [0.3, 0.4) is 0 Å². The highest BCUT2D eigenvalue weighted by molar-refractivity contribution is 5.99. The van der Waals surface area contributed by atoms with Crippen LogP contribution in [0.5, 0.6) is 0 Å². The van der Waals surface area contributed by atoms with Gasteiger partial charge in [-0.25, -0.2) is 0 Å². The Morgan fingerprint density at radius 2 is 1.83 bits per heavy atom. The fraction of sp³-hybridized carbons (Fsp3) is 0.588. The standard InChI is InChI=1S/C17H24N2O4/c1-11(20)12-9-15(19(2)10-12)16(21)18-14-8-6-4-3-5-7-13(14)17(22)23/h9-10,13-14H,3-8H2,1-2H3,(H,18,21)(H,22,23). The second-order valence-electron chi connectivity index (χ2n) is 6.30. The summed E-state index contributed by atoms with van der Waals surface area (Å²) in [5.74, 6) is -1.83. The molecule has 0 aromatic carbocycles. The molecule has 1 heterocycles. The number of nitrogens with zero attached hydrogens (tertiary/aromatic N) is 1. The Morgan fingerprint density at radius 1 is 1.17 bits per heavy atom. The van der Waals surface area contributed by atoms with E-state index in [0.29, 0.717) is 24.1 Å². The predicted molar refractivity (Wildman–Crippen MR) is 85.5 cm³/mol. The molecule has 0 radical (unpaired) electrons. The molecule has 23 heavy (non-hydrogen) atoms. The summed E-state index contributed by atoms with van der Waals surface area (Å²) in [4.78, 5) is 35.4. The van der Waals surface area contributed by atoms with E-state index in [0.717, 1.165) is 25.7 Å². The van der Waals surface area contributed by atoms with Crippen molar-refractivity contribution < 1.29 is 19.5 Å². The molecule has 1 fully saturated rings. The van der Waals surface area contributed by atoms with Crippen molar-refractivity contribution in [3.05, 3.63) is 23.5 Å². The van der Waals surface area contributed by atoms with Gasteiger partial charge in [-0.1, -0.05) is 25.7 Å². The summed E-state index contributed by atoms with van der Waals surface area (Å²) in [6, 6.07) is 1.19. The summed E-state index contributed by atoms with van der Waals surface area (Å²) in [7, 11) is 1.70. The minimum atomic E-state index is -0.853. The Labute approximate surface area is 135 Å². The van der Waals surface area contributed by atoms with Gasteiger partial charge in [0.2, 0.25) is 0 Å². The molecule has 0 bridgehead atoms. The minimum absolute atomic E-state index is 0.103. The number of carboxylic acid groups (broad SMARTS) is 1. The minimum Gasteiger partial charge on any atom is -0.481 e. The van der Waals surface area contributed by atoms with Crippen molar-refractivity contribution in [2.45, 2.75) is 51.5 Å². The molecular formula is C17H24N2O4.